The van der Waals surface area contributed by atoms with Crippen molar-refractivity contribution >= 4 is 0 Å². The van der Waals surface area contributed by atoms with Gasteiger partial charge in [0.25, 0.3) is 0 Å². The summed E-state index contributed by atoms with van der Waals surface area (Å²) < 4.78 is 11.1. The highest BCUT2D eigenvalue weighted by atomic mass is 16.5. The molecule has 1 aromatic rings. The zero-order valence-electron chi connectivity index (χ0n) is 10.2. The third-order valence-electron chi connectivity index (χ3n) is 4.06. The fourth-order valence-electron chi connectivity index (χ4n) is 2.92. The molecule has 2 heterocycles. The van der Waals surface area contributed by atoms with Crippen LogP contribution in [0.2, 0.25) is 0 Å². The second kappa shape index (κ2) is 4.38. The molecule has 5 heteroatoms. The van der Waals surface area contributed by atoms with E-state index < -0.39 is 0 Å². The molecule has 1 aromatic heterocycles. The number of ether oxygens (including phenoxy) is 1. The monoisotopic (exact) mass is 237 g/mol. The average Bonchev–Trinajstić information content (AvgIpc) is 3.10. The summed E-state index contributed by atoms with van der Waals surface area (Å²) in [5, 5.41) is 7.46. The van der Waals surface area contributed by atoms with Gasteiger partial charge in [0.05, 0.1) is 5.92 Å². The Morgan fingerprint density at radius 3 is 2.88 bits per heavy atom. The second-order valence-corrected chi connectivity index (χ2v) is 5.05. The SMILES string of the molecule is COC1(c2noc(C3CCNC3)n2)CCCC1. The van der Waals surface area contributed by atoms with Crippen molar-refractivity contribution in [2.24, 2.45) is 0 Å². The van der Waals surface area contributed by atoms with E-state index in [1.807, 2.05) is 0 Å². The molecular formula is C12H19N3O2. The van der Waals surface area contributed by atoms with Crippen LogP contribution in [0, 0.1) is 0 Å². The van der Waals surface area contributed by atoms with Crippen molar-refractivity contribution in [2.45, 2.75) is 43.6 Å². The first-order valence-electron chi connectivity index (χ1n) is 6.44. The third-order valence-corrected chi connectivity index (χ3v) is 4.06. The maximum absolute atomic E-state index is 5.66. The summed E-state index contributed by atoms with van der Waals surface area (Å²) in [5.41, 5.74) is -0.284. The molecule has 2 aliphatic rings. The normalized spacial score (nSPS) is 27.7. The summed E-state index contributed by atoms with van der Waals surface area (Å²) in [6.45, 7) is 1.99. The Labute approximate surface area is 101 Å². The molecule has 3 rings (SSSR count). The molecule has 17 heavy (non-hydrogen) atoms. The predicted molar refractivity (Wildman–Crippen MR) is 61.7 cm³/mol. The van der Waals surface area contributed by atoms with Gasteiger partial charge in [-0.3, -0.25) is 0 Å². The highest BCUT2D eigenvalue weighted by molar-refractivity contribution is 5.07. The molecule has 5 nitrogen and oxygen atoms in total. The minimum atomic E-state index is -0.284. The Balaban J connectivity index is 1.83. The quantitative estimate of drug-likeness (QED) is 0.864. The van der Waals surface area contributed by atoms with Crippen LogP contribution in [0.4, 0.5) is 0 Å². The molecule has 0 spiro atoms. The molecule has 1 saturated heterocycles. The Morgan fingerprint density at radius 2 is 2.24 bits per heavy atom. The van der Waals surface area contributed by atoms with Crippen LogP contribution in [0.3, 0.4) is 0 Å². The van der Waals surface area contributed by atoms with Gasteiger partial charge in [-0.2, -0.15) is 4.98 Å². The number of nitrogens with zero attached hydrogens (tertiary/aromatic N) is 2. The van der Waals surface area contributed by atoms with E-state index >= 15 is 0 Å². The van der Waals surface area contributed by atoms with Crippen LogP contribution >= 0.6 is 0 Å². The highest BCUT2D eigenvalue weighted by Crippen LogP contribution is 2.40. The van der Waals surface area contributed by atoms with Crippen molar-refractivity contribution in [3.8, 4) is 0 Å². The minimum Gasteiger partial charge on any atom is -0.370 e. The summed E-state index contributed by atoms with van der Waals surface area (Å²) >= 11 is 0. The number of rotatable bonds is 3. The Morgan fingerprint density at radius 1 is 1.41 bits per heavy atom. The van der Waals surface area contributed by atoms with Crippen molar-refractivity contribution in [1.82, 2.24) is 15.5 Å². The second-order valence-electron chi connectivity index (χ2n) is 5.05. The molecule has 1 N–H and O–H groups in total. The molecule has 0 amide bonds. The van der Waals surface area contributed by atoms with Gasteiger partial charge in [-0.15, -0.1) is 0 Å². The van der Waals surface area contributed by atoms with Gasteiger partial charge in [-0.25, -0.2) is 0 Å². The Hall–Kier alpha value is -0.940. The van der Waals surface area contributed by atoms with E-state index in [2.05, 4.69) is 15.5 Å². The molecule has 1 saturated carbocycles. The van der Waals surface area contributed by atoms with Crippen molar-refractivity contribution in [1.29, 1.82) is 0 Å². The van der Waals surface area contributed by atoms with E-state index in [-0.39, 0.29) is 5.60 Å². The third kappa shape index (κ3) is 1.87. The molecule has 1 aliphatic carbocycles. The summed E-state index contributed by atoms with van der Waals surface area (Å²) in [6, 6.07) is 0. The van der Waals surface area contributed by atoms with Crippen LogP contribution in [0.1, 0.15) is 49.7 Å². The van der Waals surface area contributed by atoms with Crippen molar-refractivity contribution in [2.75, 3.05) is 20.2 Å². The van der Waals surface area contributed by atoms with Gasteiger partial charge in [-0.05, 0) is 38.6 Å². The number of methoxy groups -OCH3 is 1. The maximum atomic E-state index is 5.66. The summed E-state index contributed by atoms with van der Waals surface area (Å²) in [4.78, 5) is 4.57. The predicted octanol–water partition coefficient (Wildman–Crippen LogP) is 1.56. The van der Waals surface area contributed by atoms with Gasteiger partial charge in [0.1, 0.15) is 5.60 Å². The summed E-state index contributed by atoms with van der Waals surface area (Å²) in [5.74, 6) is 1.90. The van der Waals surface area contributed by atoms with Crippen LogP contribution in [-0.2, 0) is 10.3 Å². The van der Waals surface area contributed by atoms with E-state index in [0.717, 1.165) is 44.1 Å². The number of hydrogen-bond acceptors (Lipinski definition) is 5. The molecule has 1 atom stereocenters. The lowest BCUT2D eigenvalue weighted by Crippen LogP contribution is -2.26. The molecule has 0 radical (unpaired) electrons. The first kappa shape index (κ1) is 11.2. The summed E-state index contributed by atoms with van der Waals surface area (Å²) in [6.07, 6.45) is 5.46. The lowest BCUT2D eigenvalue weighted by molar-refractivity contribution is -0.0178. The van der Waals surface area contributed by atoms with Gasteiger partial charge in [0.15, 0.2) is 0 Å². The van der Waals surface area contributed by atoms with Gasteiger partial charge in [0, 0.05) is 13.7 Å². The van der Waals surface area contributed by atoms with Crippen LogP contribution in [0.15, 0.2) is 4.52 Å². The lowest BCUT2D eigenvalue weighted by atomic mass is 10.0. The zero-order chi connectivity index (χ0) is 11.7. The summed E-state index contributed by atoms with van der Waals surface area (Å²) in [7, 11) is 1.75. The molecule has 0 aromatic carbocycles. The smallest absolute Gasteiger partial charge is 0.231 e. The van der Waals surface area contributed by atoms with Crippen LogP contribution in [0.25, 0.3) is 0 Å². The molecule has 2 fully saturated rings. The van der Waals surface area contributed by atoms with E-state index in [9.17, 15) is 0 Å². The number of hydrogen-bond donors (Lipinski definition) is 1. The van der Waals surface area contributed by atoms with Gasteiger partial charge >= 0.3 is 0 Å². The van der Waals surface area contributed by atoms with Crippen molar-refractivity contribution < 1.29 is 9.26 Å². The first-order valence-corrected chi connectivity index (χ1v) is 6.44. The van der Waals surface area contributed by atoms with E-state index in [1.54, 1.807) is 7.11 Å². The fraction of sp³-hybridized carbons (Fsp3) is 0.833. The Kier molecular flexibility index (Phi) is 2.88. The zero-order valence-corrected chi connectivity index (χ0v) is 10.2. The Bertz CT molecular complexity index is 379. The molecule has 0 bridgehead atoms. The maximum Gasteiger partial charge on any atom is 0.231 e. The van der Waals surface area contributed by atoms with Gasteiger partial charge < -0.3 is 14.6 Å². The van der Waals surface area contributed by atoms with E-state index in [1.165, 1.54) is 12.8 Å². The molecular weight excluding hydrogens is 218 g/mol. The van der Waals surface area contributed by atoms with E-state index in [0.29, 0.717) is 5.92 Å². The number of nitrogens with one attached hydrogen (secondary N) is 1. The van der Waals surface area contributed by atoms with E-state index in [4.69, 9.17) is 9.26 Å². The minimum absolute atomic E-state index is 0.284. The largest absolute Gasteiger partial charge is 0.370 e. The van der Waals surface area contributed by atoms with Crippen LogP contribution < -0.4 is 5.32 Å². The number of aromatic nitrogens is 2. The molecule has 1 aliphatic heterocycles. The lowest BCUT2D eigenvalue weighted by Gasteiger charge is -2.22. The molecule has 94 valence electrons. The standard InChI is InChI=1S/C12H19N3O2/c1-16-12(5-2-3-6-12)11-14-10(17-15-11)9-4-7-13-8-9/h9,13H,2-8H2,1H3. The topological polar surface area (TPSA) is 60.2 Å². The van der Waals surface area contributed by atoms with Crippen molar-refractivity contribution in [3.05, 3.63) is 11.7 Å². The van der Waals surface area contributed by atoms with Crippen LogP contribution in [-0.4, -0.2) is 30.3 Å². The molecule has 1 unspecified atom stereocenters. The van der Waals surface area contributed by atoms with Gasteiger partial charge in [0.2, 0.25) is 11.7 Å². The highest BCUT2D eigenvalue weighted by Gasteiger charge is 2.40. The average molecular weight is 237 g/mol. The fourth-order valence-corrected chi connectivity index (χ4v) is 2.92. The van der Waals surface area contributed by atoms with Crippen LogP contribution in [0.5, 0.6) is 0 Å². The van der Waals surface area contributed by atoms with Crippen molar-refractivity contribution in [3.63, 3.8) is 0 Å². The first-order chi connectivity index (χ1) is 8.34. The van der Waals surface area contributed by atoms with Gasteiger partial charge in [-0.1, -0.05) is 5.16 Å².